The molecule has 3 aromatic carbocycles. The SMILES string of the molecule is CC(N)C1Cc2cc(-c3ccccc3)cc(-c3ccccc3Cl)c2O1. The van der Waals surface area contributed by atoms with Gasteiger partial charge in [0.1, 0.15) is 11.9 Å². The fourth-order valence-corrected chi connectivity index (χ4v) is 3.60. The summed E-state index contributed by atoms with van der Waals surface area (Å²) in [4.78, 5) is 0. The Morgan fingerprint density at radius 3 is 2.40 bits per heavy atom. The smallest absolute Gasteiger partial charge is 0.131 e. The van der Waals surface area contributed by atoms with Gasteiger partial charge in [-0.2, -0.15) is 0 Å². The zero-order valence-electron chi connectivity index (χ0n) is 14.1. The van der Waals surface area contributed by atoms with Gasteiger partial charge in [0.05, 0.1) is 0 Å². The second-order valence-electron chi connectivity index (χ2n) is 6.58. The molecule has 0 spiro atoms. The molecule has 3 aromatic rings. The number of hydrogen-bond acceptors (Lipinski definition) is 2. The standard InChI is InChI=1S/C22H20ClNO/c1-14(24)21-13-17-11-16(15-7-3-2-4-8-15)12-19(22(17)25-21)18-9-5-6-10-20(18)23/h2-12,14,21H,13,24H2,1H3. The van der Waals surface area contributed by atoms with Crippen LogP contribution in [-0.4, -0.2) is 12.1 Å². The normalized spacial score (nSPS) is 17.0. The quantitative estimate of drug-likeness (QED) is 0.694. The van der Waals surface area contributed by atoms with Gasteiger partial charge in [-0.25, -0.2) is 0 Å². The summed E-state index contributed by atoms with van der Waals surface area (Å²) in [6.07, 6.45) is 0.827. The van der Waals surface area contributed by atoms with Crippen molar-refractivity contribution in [2.45, 2.75) is 25.5 Å². The molecule has 0 aromatic heterocycles. The Hall–Kier alpha value is -2.29. The van der Waals surface area contributed by atoms with Crippen LogP contribution in [-0.2, 0) is 6.42 Å². The van der Waals surface area contributed by atoms with Crippen molar-refractivity contribution in [1.82, 2.24) is 0 Å². The second-order valence-corrected chi connectivity index (χ2v) is 6.98. The van der Waals surface area contributed by atoms with Crippen LogP contribution < -0.4 is 10.5 Å². The molecule has 25 heavy (non-hydrogen) atoms. The van der Waals surface area contributed by atoms with Crippen LogP contribution in [0, 0.1) is 0 Å². The van der Waals surface area contributed by atoms with Gasteiger partial charge < -0.3 is 10.5 Å². The summed E-state index contributed by atoms with van der Waals surface area (Å²) in [5.41, 5.74) is 11.7. The number of hydrogen-bond donors (Lipinski definition) is 1. The molecule has 2 unspecified atom stereocenters. The Bertz CT molecular complexity index is 905. The molecular formula is C22H20ClNO. The first-order valence-corrected chi connectivity index (χ1v) is 8.91. The average molecular weight is 350 g/mol. The van der Waals surface area contributed by atoms with E-state index in [0.717, 1.165) is 28.3 Å². The molecule has 1 aliphatic rings. The Morgan fingerprint density at radius 2 is 1.68 bits per heavy atom. The molecule has 0 radical (unpaired) electrons. The summed E-state index contributed by atoms with van der Waals surface area (Å²) in [6.45, 7) is 1.99. The first-order chi connectivity index (χ1) is 12.1. The first-order valence-electron chi connectivity index (χ1n) is 8.53. The largest absolute Gasteiger partial charge is 0.488 e. The first kappa shape index (κ1) is 16.2. The van der Waals surface area contributed by atoms with E-state index in [1.165, 1.54) is 16.7 Å². The Morgan fingerprint density at radius 1 is 0.960 bits per heavy atom. The molecule has 4 rings (SSSR count). The van der Waals surface area contributed by atoms with E-state index in [9.17, 15) is 0 Å². The van der Waals surface area contributed by atoms with Crippen LogP contribution in [0.3, 0.4) is 0 Å². The maximum atomic E-state index is 6.48. The van der Waals surface area contributed by atoms with Crippen LogP contribution in [0.15, 0.2) is 66.7 Å². The van der Waals surface area contributed by atoms with Gasteiger partial charge in [-0.3, -0.25) is 0 Å². The monoisotopic (exact) mass is 349 g/mol. The van der Waals surface area contributed by atoms with Crippen molar-refractivity contribution in [1.29, 1.82) is 0 Å². The van der Waals surface area contributed by atoms with Crippen molar-refractivity contribution in [2.75, 3.05) is 0 Å². The maximum Gasteiger partial charge on any atom is 0.131 e. The number of benzene rings is 3. The number of rotatable bonds is 3. The van der Waals surface area contributed by atoms with Crippen molar-refractivity contribution in [3.8, 4) is 28.0 Å². The van der Waals surface area contributed by atoms with E-state index >= 15 is 0 Å². The summed E-state index contributed by atoms with van der Waals surface area (Å²) in [6, 6.07) is 22.6. The third-order valence-corrected chi connectivity index (χ3v) is 5.04. The van der Waals surface area contributed by atoms with Crippen LogP contribution in [0.5, 0.6) is 5.75 Å². The van der Waals surface area contributed by atoms with Gasteiger partial charge in [-0.1, -0.05) is 60.1 Å². The van der Waals surface area contributed by atoms with Gasteiger partial charge in [-0.15, -0.1) is 0 Å². The number of ether oxygens (including phenoxy) is 1. The lowest BCUT2D eigenvalue weighted by Crippen LogP contribution is -2.34. The number of halogens is 1. The minimum absolute atomic E-state index is 0.00209. The molecule has 0 aliphatic carbocycles. The third kappa shape index (κ3) is 3.04. The minimum Gasteiger partial charge on any atom is -0.488 e. The maximum absolute atomic E-state index is 6.48. The molecule has 3 heteroatoms. The number of fused-ring (bicyclic) bond motifs is 1. The highest BCUT2D eigenvalue weighted by Crippen LogP contribution is 2.44. The predicted octanol–water partition coefficient (Wildman–Crippen LogP) is 5.32. The van der Waals surface area contributed by atoms with Crippen molar-refractivity contribution in [2.24, 2.45) is 5.73 Å². The lowest BCUT2D eigenvalue weighted by atomic mass is 9.94. The summed E-state index contributed by atoms with van der Waals surface area (Å²) < 4.78 is 6.22. The van der Waals surface area contributed by atoms with E-state index in [4.69, 9.17) is 22.1 Å². The fraction of sp³-hybridized carbons (Fsp3) is 0.182. The van der Waals surface area contributed by atoms with E-state index in [1.54, 1.807) is 0 Å². The highest BCUT2D eigenvalue weighted by Gasteiger charge is 2.29. The zero-order chi connectivity index (χ0) is 17.4. The topological polar surface area (TPSA) is 35.2 Å². The van der Waals surface area contributed by atoms with E-state index in [0.29, 0.717) is 0 Å². The minimum atomic E-state index is -0.0216. The van der Waals surface area contributed by atoms with Crippen LogP contribution >= 0.6 is 11.6 Å². The highest BCUT2D eigenvalue weighted by molar-refractivity contribution is 6.33. The zero-order valence-corrected chi connectivity index (χ0v) is 14.8. The molecule has 0 amide bonds. The van der Waals surface area contributed by atoms with Crippen molar-refractivity contribution >= 4 is 11.6 Å². The van der Waals surface area contributed by atoms with Crippen LogP contribution in [0.25, 0.3) is 22.3 Å². The Balaban J connectivity index is 1.91. The molecule has 2 atom stereocenters. The van der Waals surface area contributed by atoms with Gasteiger partial charge in [0.25, 0.3) is 0 Å². The van der Waals surface area contributed by atoms with Gasteiger partial charge >= 0.3 is 0 Å². The Kier molecular flexibility index (Phi) is 4.24. The highest BCUT2D eigenvalue weighted by atomic mass is 35.5. The van der Waals surface area contributed by atoms with E-state index in [2.05, 4.69) is 36.4 Å². The van der Waals surface area contributed by atoms with Crippen molar-refractivity contribution in [3.63, 3.8) is 0 Å². The number of nitrogens with two attached hydrogens (primary N) is 1. The molecule has 0 saturated heterocycles. The van der Waals surface area contributed by atoms with Crippen molar-refractivity contribution < 1.29 is 4.74 Å². The summed E-state index contributed by atoms with van der Waals surface area (Å²) >= 11 is 6.48. The third-order valence-electron chi connectivity index (χ3n) is 4.71. The molecule has 2 nitrogen and oxygen atoms in total. The molecule has 0 fully saturated rings. The molecule has 0 saturated carbocycles. The van der Waals surface area contributed by atoms with Crippen LogP contribution in [0.4, 0.5) is 0 Å². The summed E-state index contributed by atoms with van der Waals surface area (Å²) in [7, 11) is 0. The molecule has 126 valence electrons. The predicted molar refractivity (Wildman–Crippen MR) is 104 cm³/mol. The molecule has 0 bridgehead atoms. The average Bonchev–Trinajstić information content (AvgIpc) is 3.07. The van der Waals surface area contributed by atoms with Gasteiger partial charge in [0.15, 0.2) is 0 Å². The fourth-order valence-electron chi connectivity index (χ4n) is 3.36. The van der Waals surface area contributed by atoms with Gasteiger partial charge in [0.2, 0.25) is 0 Å². The molecular weight excluding hydrogens is 330 g/mol. The molecule has 1 aliphatic heterocycles. The lowest BCUT2D eigenvalue weighted by Gasteiger charge is -2.16. The van der Waals surface area contributed by atoms with Crippen LogP contribution in [0.2, 0.25) is 5.02 Å². The Labute approximate surface area is 153 Å². The van der Waals surface area contributed by atoms with E-state index in [-0.39, 0.29) is 12.1 Å². The van der Waals surface area contributed by atoms with E-state index < -0.39 is 0 Å². The van der Waals surface area contributed by atoms with Crippen LogP contribution in [0.1, 0.15) is 12.5 Å². The molecule has 2 N–H and O–H groups in total. The second kappa shape index (κ2) is 6.55. The van der Waals surface area contributed by atoms with Gasteiger partial charge in [0, 0.05) is 28.6 Å². The summed E-state index contributed by atoms with van der Waals surface area (Å²) in [5, 5.41) is 0.725. The van der Waals surface area contributed by atoms with Gasteiger partial charge in [-0.05, 0) is 41.8 Å². The summed E-state index contributed by atoms with van der Waals surface area (Å²) in [5.74, 6) is 0.912. The lowest BCUT2D eigenvalue weighted by molar-refractivity contribution is 0.207. The van der Waals surface area contributed by atoms with E-state index in [1.807, 2.05) is 37.3 Å². The molecule has 1 heterocycles. The van der Waals surface area contributed by atoms with Crippen molar-refractivity contribution in [3.05, 3.63) is 77.3 Å².